The highest BCUT2D eigenvalue weighted by Gasteiger charge is 2.74. The Morgan fingerprint density at radius 1 is 0.940 bits per heavy atom. The molecule has 1 amide bonds. The molecule has 0 spiro atoms. The average Bonchev–Trinajstić information content (AvgIpc) is 3.43. The summed E-state index contributed by atoms with van der Waals surface area (Å²) in [5.74, 6) is -0.269. The molecule has 1 unspecified atom stereocenters. The van der Waals surface area contributed by atoms with Gasteiger partial charge < -0.3 is 14.7 Å². The molecule has 0 fully saturated rings. The lowest BCUT2D eigenvalue weighted by molar-refractivity contribution is -0.338. The molecule has 8 nitrogen and oxygen atoms in total. The van der Waals surface area contributed by atoms with Crippen LogP contribution in [0.15, 0.2) is 76.7 Å². The van der Waals surface area contributed by atoms with E-state index in [0.29, 0.717) is 11.1 Å². The molecule has 0 aromatic heterocycles. The van der Waals surface area contributed by atoms with E-state index >= 15 is 0 Å². The number of ether oxygens (including phenoxy) is 1. The molecule has 1 atom stereocenters. The lowest BCUT2D eigenvalue weighted by Crippen LogP contribution is -2.62. The van der Waals surface area contributed by atoms with Crippen LogP contribution in [-0.4, -0.2) is 73.1 Å². The van der Waals surface area contributed by atoms with Gasteiger partial charge in [0.2, 0.25) is 0 Å². The number of halogens is 8. The topological polar surface area (TPSA) is 99.5 Å². The SMILES string of the molecule is CN(CCCS(=O)(=O)c1cccc(-c2ccc(C3CC(C(O)(C(F)(F)F)C(F)(F)F)=NN3c3c(Cl)cccc3Cl)cc2)c1)C(=O)OC(C)(C)C. The lowest BCUT2D eigenvalue weighted by Gasteiger charge is -2.32. The molecule has 1 N–H and O–H groups in total. The summed E-state index contributed by atoms with van der Waals surface area (Å²) in [6.45, 7) is 5.26. The van der Waals surface area contributed by atoms with Crippen LogP contribution in [0.4, 0.5) is 36.8 Å². The highest BCUT2D eigenvalue weighted by atomic mass is 35.5. The van der Waals surface area contributed by atoms with E-state index in [4.69, 9.17) is 27.9 Å². The molecule has 4 rings (SSSR count). The number of alkyl halides is 6. The molecule has 272 valence electrons. The Morgan fingerprint density at radius 2 is 1.50 bits per heavy atom. The Kier molecular flexibility index (Phi) is 11.2. The van der Waals surface area contributed by atoms with Crippen molar-refractivity contribution < 1.29 is 49.4 Å². The zero-order valence-electron chi connectivity index (χ0n) is 27.1. The summed E-state index contributed by atoms with van der Waals surface area (Å²) in [5.41, 5.74) is -6.58. The van der Waals surface area contributed by atoms with Gasteiger partial charge in [0.15, 0.2) is 9.84 Å². The largest absolute Gasteiger partial charge is 0.444 e. The molecule has 0 radical (unpaired) electrons. The van der Waals surface area contributed by atoms with E-state index in [2.05, 4.69) is 5.10 Å². The number of sulfone groups is 1. The van der Waals surface area contributed by atoms with Crippen molar-refractivity contribution in [1.29, 1.82) is 0 Å². The van der Waals surface area contributed by atoms with Gasteiger partial charge in [0, 0.05) is 20.0 Å². The number of hydrazone groups is 1. The van der Waals surface area contributed by atoms with Gasteiger partial charge in [-0.2, -0.15) is 31.4 Å². The van der Waals surface area contributed by atoms with Crippen molar-refractivity contribution in [2.24, 2.45) is 5.10 Å². The van der Waals surface area contributed by atoms with Crippen LogP contribution in [0.25, 0.3) is 11.1 Å². The Morgan fingerprint density at radius 3 is 2.04 bits per heavy atom. The van der Waals surface area contributed by atoms with Crippen molar-refractivity contribution in [3.05, 3.63) is 82.3 Å². The maximum Gasteiger partial charge on any atom is 0.431 e. The zero-order valence-corrected chi connectivity index (χ0v) is 29.4. The number of benzene rings is 3. The monoisotopic (exact) mass is 767 g/mol. The van der Waals surface area contributed by atoms with Gasteiger partial charge in [-0.15, -0.1) is 0 Å². The summed E-state index contributed by atoms with van der Waals surface area (Å²) in [7, 11) is -2.29. The first-order valence-electron chi connectivity index (χ1n) is 15.0. The van der Waals surface area contributed by atoms with Gasteiger partial charge in [-0.3, -0.25) is 5.01 Å². The van der Waals surface area contributed by atoms with Gasteiger partial charge >= 0.3 is 18.4 Å². The summed E-state index contributed by atoms with van der Waals surface area (Å²) in [6.07, 6.45) is -13.8. The van der Waals surface area contributed by atoms with Crippen LogP contribution in [0.2, 0.25) is 10.0 Å². The molecule has 0 bridgehead atoms. The first kappa shape index (κ1) is 39.3. The molecule has 1 heterocycles. The summed E-state index contributed by atoms with van der Waals surface area (Å²) in [6, 6.07) is 14.7. The third-order valence-electron chi connectivity index (χ3n) is 7.75. The first-order chi connectivity index (χ1) is 23.0. The summed E-state index contributed by atoms with van der Waals surface area (Å²) < 4.78 is 115. The molecule has 50 heavy (non-hydrogen) atoms. The summed E-state index contributed by atoms with van der Waals surface area (Å²) >= 11 is 12.5. The van der Waals surface area contributed by atoms with Gasteiger partial charge in [0.1, 0.15) is 5.60 Å². The molecule has 0 saturated carbocycles. The molecule has 0 aliphatic carbocycles. The number of para-hydroxylation sites is 1. The van der Waals surface area contributed by atoms with Crippen LogP contribution < -0.4 is 5.01 Å². The average molecular weight is 769 g/mol. The van der Waals surface area contributed by atoms with Gasteiger partial charge in [-0.05, 0) is 68.1 Å². The van der Waals surface area contributed by atoms with Crippen LogP contribution in [0.3, 0.4) is 0 Å². The van der Waals surface area contributed by atoms with Crippen LogP contribution >= 0.6 is 23.2 Å². The second-order valence-electron chi connectivity index (χ2n) is 12.6. The number of hydrogen-bond acceptors (Lipinski definition) is 7. The number of carbonyl (C=O) groups is 1. The van der Waals surface area contributed by atoms with Gasteiger partial charge in [-0.1, -0.05) is 65.7 Å². The van der Waals surface area contributed by atoms with E-state index in [0.717, 1.165) is 5.01 Å². The van der Waals surface area contributed by atoms with Crippen LogP contribution in [-0.2, 0) is 14.6 Å². The van der Waals surface area contributed by atoms with Crippen LogP contribution in [0.5, 0.6) is 0 Å². The predicted octanol–water partition coefficient (Wildman–Crippen LogP) is 8.85. The standard InChI is InChI=1S/C33H33Cl2F6N3O5S/c1-30(2,3)49-29(45)43(4)16-7-17-50(47,48)23-9-5-8-22(18-23)20-12-14-21(15-13-20)26-19-27(31(46,32(36,37)38)33(39,40)41)42-44(26)28-24(34)10-6-11-25(28)35/h5-6,8-15,18,26,46H,7,16-17,19H2,1-4H3. The Labute approximate surface area is 295 Å². The Hall–Kier alpha value is -3.53. The molecule has 3 aromatic rings. The second-order valence-corrected chi connectivity index (χ2v) is 15.5. The third kappa shape index (κ3) is 8.32. The predicted molar refractivity (Wildman–Crippen MR) is 178 cm³/mol. The van der Waals surface area contributed by atoms with E-state index in [1.54, 1.807) is 26.8 Å². The highest BCUT2D eigenvalue weighted by Crippen LogP contribution is 2.50. The van der Waals surface area contributed by atoms with E-state index in [1.807, 2.05) is 0 Å². The zero-order chi connectivity index (χ0) is 37.4. The molecular weight excluding hydrogens is 735 g/mol. The number of carbonyl (C=O) groups excluding carboxylic acids is 1. The minimum atomic E-state index is -6.15. The molecule has 1 aliphatic rings. The highest BCUT2D eigenvalue weighted by molar-refractivity contribution is 7.91. The number of aliphatic hydroxyl groups is 1. The van der Waals surface area contributed by atoms with Gasteiger partial charge in [-0.25, -0.2) is 13.2 Å². The third-order valence-corrected chi connectivity index (χ3v) is 10.2. The first-order valence-corrected chi connectivity index (χ1v) is 17.4. The number of amides is 1. The fourth-order valence-electron chi connectivity index (χ4n) is 5.20. The molecule has 17 heteroatoms. The number of anilines is 1. The van der Waals surface area contributed by atoms with Crippen molar-refractivity contribution in [3.63, 3.8) is 0 Å². The minimum absolute atomic E-state index is 0.00551. The van der Waals surface area contributed by atoms with E-state index in [1.165, 1.54) is 72.6 Å². The van der Waals surface area contributed by atoms with E-state index in [-0.39, 0.29) is 44.9 Å². The van der Waals surface area contributed by atoms with E-state index in [9.17, 15) is 44.7 Å². The fourth-order valence-corrected chi connectivity index (χ4v) is 7.11. The quantitative estimate of drug-likeness (QED) is 0.219. The normalized spacial score (nSPS) is 16.0. The molecular formula is C33H33Cl2F6N3O5S. The van der Waals surface area contributed by atoms with Gasteiger partial charge in [0.05, 0.1) is 38.1 Å². The Bertz CT molecular complexity index is 1830. The second kappa shape index (κ2) is 14.2. The fraction of sp³-hybridized carbons (Fsp3) is 0.394. The molecule has 3 aromatic carbocycles. The maximum absolute atomic E-state index is 13.8. The molecule has 0 saturated heterocycles. The van der Waals surface area contributed by atoms with Crippen molar-refractivity contribution in [1.82, 2.24) is 4.90 Å². The maximum atomic E-state index is 13.8. The van der Waals surface area contributed by atoms with Crippen LogP contribution in [0, 0.1) is 0 Å². The van der Waals surface area contributed by atoms with Gasteiger partial charge in [0.25, 0.3) is 5.60 Å². The van der Waals surface area contributed by atoms with Crippen molar-refractivity contribution >= 4 is 50.5 Å². The molecule has 1 aliphatic heterocycles. The van der Waals surface area contributed by atoms with Crippen molar-refractivity contribution in [2.75, 3.05) is 24.4 Å². The summed E-state index contributed by atoms with van der Waals surface area (Å²) in [5, 5.41) is 14.4. The Balaban J connectivity index is 1.61. The number of nitrogens with zero attached hydrogens (tertiary/aromatic N) is 3. The van der Waals surface area contributed by atoms with Crippen molar-refractivity contribution in [3.8, 4) is 11.1 Å². The minimum Gasteiger partial charge on any atom is -0.444 e. The lowest BCUT2D eigenvalue weighted by atomic mass is 9.89. The smallest absolute Gasteiger partial charge is 0.431 e. The van der Waals surface area contributed by atoms with E-state index < -0.39 is 57.7 Å². The van der Waals surface area contributed by atoms with Crippen molar-refractivity contribution in [2.45, 2.75) is 68.1 Å². The summed E-state index contributed by atoms with van der Waals surface area (Å²) in [4.78, 5) is 13.5. The number of hydrogen-bond donors (Lipinski definition) is 1. The number of rotatable bonds is 9. The van der Waals surface area contributed by atoms with Crippen LogP contribution in [0.1, 0.15) is 45.2 Å².